The molecule has 9 rings (SSSR count). The summed E-state index contributed by atoms with van der Waals surface area (Å²) in [5.41, 5.74) is 18.7. The number of rotatable bonds is 5. The molecule has 7 aromatic rings. The molecule has 2 heteroatoms. The first kappa shape index (κ1) is 41.0. The van der Waals surface area contributed by atoms with Crippen molar-refractivity contribution in [3.05, 3.63) is 263 Å². The molecule has 2 heterocycles. The molecular weight excluding hydrogens is 725 g/mol. The van der Waals surface area contributed by atoms with Crippen LogP contribution in [0.25, 0.3) is 39.4 Å². The number of allylic oxidation sites excluding steroid dienone is 9. The fraction of sp³-hybridized carbons (Fsp3) is 0.103. The van der Waals surface area contributed by atoms with Crippen LogP contribution in [-0.2, 0) is 6.42 Å². The van der Waals surface area contributed by atoms with Gasteiger partial charge in [-0.2, -0.15) is 0 Å². The van der Waals surface area contributed by atoms with E-state index in [0.29, 0.717) is 0 Å². The maximum atomic E-state index is 4.50. The molecule has 0 saturated heterocycles. The summed E-state index contributed by atoms with van der Waals surface area (Å²) >= 11 is 0. The molecule has 1 aliphatic heterocycles. The Kier molecular flexibility index (Phi) is 13.0. The minimum absolute atomic E-state index is 0.808. The molecule has 296 valence electrons. The molecule has 0 fully saturated rings. The van der Waals surface area contributed by atoms with E-state index < -0.39 is 0 Å². The minimum atomic E-state index is 0.808. The summed E-state index contributed by atoms with van der Waals surface area (Å²) in [7, 11) is 0. The van der Waals surface area contributed by atoms with Gasteiger partial charge in [-0.1, -0.05) is 166 Å². The van der Waals surface area contributed by atoms with Crippen molar-refractivity contribution in [2.75, 3.05) is 4.90 Å². The van der Waals surface area contributed by atoms with Crippen LogP contribution in [0, 0.1) is 20.8 Å². The second kappa shape index (κ2) is 19.1. The highest BCUT2D eigenvalue weighted by molar-refractivity contribution is 5.96. The van der Waals surface area contributed by atoms with Crippen LogP contribution in [0.1, 0.15) is 47.4 Å². The average molecular weight is 779 g/mol. The third-order valence-electron chi connectivity index (χ3n) is 11.0. The van der Waals surface area contributed by atoms with Crippen LogP contribution in [0.3, 0.4) is 0 Å². The molecule has 0 N–H and O–H groups in total. The van der Waals surface area contributed by atoms with E-state index in [2.05, 4.69) is 226 Å². The van der Waals surface area contributed by atoms with Crippen molar-refractivity contribution < 1.29 is 0 Å². The summed E-state index contributed by atoms with van der Waals surface area (Å²) in [6.45, 7) is 19.4. The van der Waals surface area contributed by atoms with E-state index in [9.17, 15) is 0 Å². The van der Waals surface area contributed by atoms with Crippen molar-refractivity contribution in [1.82, 2.24) is 4.57 Å². The van der Waals surface area contributed by atoms with Crippen LogP contribution in [0.15, 0.2) is 230 Å². The largest absolute Gasteiger partial charge is 0.323 e. The van der Waals surface area contributed by atoms with Crippen molar-refractivity contribution >= 4 is 28.2 Å². The van der Waals surface area contributed by atoms with Crippen molar-refractivity contribution in [3.8, 4) is 16.8 Å². The van der Waals surface area contributed by atoms with Crippen molar-refractivity contribution in [2.45, 2.75) is 41.0 Å². The fourth-order valence-corrected chi connectivity index (χ4v) is 7.77. The Labute approximate surface area is 357 Å². The van der Waals surface area contributed by atoms with E-state index in [1.165, 1.54) is 61.2 Å². The van der Waals surface area contributed by atoms with Crippen LogP contribution in [0.2, 0.25) is 0 Å². The van der Waals surface area contributed by atoms with Crippen LogP contribution in [0.4, 0.5) is 5.69 Å². The van der Waals surface area contributed by atoms with Crippen molar-refractivity contribution in [3.63, 3.8) is 0 Å². The second-order valence-corrected chi connectivity index (χ2v) is 15.0. The molecule has 0 atom stereocenters. The lowest BCUT2D eigenvalue weighted by Crippen LogP contribution is -2.08. The van der Waals surface area contributed by atoms with E-state index in [1.54, 1.807) is 0 Å². The van der Waals surface area contributed by atoms with E-state index >= 15 is 0 Å². The highest BCUT2D eigenvalue weighted by Gasteiger charge is 2.24. The van der Waals surface area contributed by atoms with Crippen LogP contribution in [-0.4, -0.2) is 4.57 Å². The first-order valence-corrected chi connectivity index (χ1v) is 20.9. The number of benzene rings is 6. The van der Waals surface area contributed by atoms with E-state index in [-0.39, 0.29) is 0 Å². The average Bonchev–Trinajstić information content (AvgIpc) is 3.85. The first-order chi connectivity index (χ1) is 29.3. The van der Waals surface area contributed by atoms with Gasteiger partial charge in [-0.3, -0.25) is 0 Å². The zero-order chi connectivity index (χ0) is 42.0. The molecule has 2 aliphatic rings. The SMILES string of the molecule is C=C1/C=C\C(c2ccc(C)c(-c3ccccc3C)c2)=C/N(c2ccccc2)/C=C\C(C2=Cc3c(n(-c4ccccc4)c4ccccc34)C2)=C/C1=C.CC.Cc1ccccc1. The van der Waals surface area contributed by atoms with Gasteiger partial charge < -0.3 is 9.47 Å². The lowest BCUT2D eigenvalue weighted by molar-refractivity contribution is 0.995. The number of aryl methyl sites for hydroxylation is 3. The maximum absolute atomic E-state index is 4.50. The number of hydrogen-bond donors (Lipinski definition) is 0. The quantitative estimate of drug-likeness (QED) is 0.169. The summed E-state index contributed by atoms with van der Waals surface area (Å²) in [5.74, 6) is 0. The topological polar surface area (TPSA) is 8.17 Å². The zero-order valence-electron chi connectivity index (χ0n) is 35.6. The van der Waals surface area contributed by atoms with E-state index in [1.807, 2.05) is 32.0 Å². The Bertz CT molecular complexity index is 2790. The predicted octanol–water partition coefficient (Wildman–Crippen LogP) is 15.5. The standard InChI is InChI=1S/C49H40N2.C7H8.C2H6/c1-34-23-26-40(38-25-24-36(3)46(30-38)44-20-12-11-15-35(44)2)33-50(42-16-7-5-8-17-42)28-27-39(29-37(34)4)41-31-47-45-21-13-14-22-48(45)51(49(47)32-41)43-18-9-6-10-19-43;1-7-5-3-2-4-6-7;1-2/h5-31,33H,1,4,32H2,2-3H3;2-6H,1H3;1-2H3/b26-23-,28-27-,39-29+,40-33+;;. The number of nitrogens with zero attached hydrogens (tertiary/aromatic N) is 2. The Morgan fingerprint density at radius 3 is 1.82 bits per heavy atom. The van der Waals surface area contributed by atoms with Gasteiger partial charge in [-0.25, -0.2) is 0 Å². The van der Waals surface area contributed by atoms with Gasteiger partial charge in [0.2, 0.25) is 0 Å². The Morgan fingerprint density at radius 2 is 1.13 bits per heavy atom. The molecule has 2 nitrogen and oxygen atoms in total. The smallest absolute Gasteiger partial charge is 0.0537 e. The second-order valence-electron chi connectivity index (χ2n) is 15.0. The molecule has 0 radical (unpaired) electrons. The molecule has 0 amide bonds. The normalized spacial score (nSPS) is 16.4. The Balaban J connectivity index is 0.000000544. The third-order valence-corrected chi connectivity index (χ3v) is 11.0. The van der Waals surface area contributed by atoms with Crippen molar-refractivity contribution in [2.24, 2.45) is 0 Å². The zero-order valence-corrected chi connectivity index (χ0v) is 35.6. The lowest BCUT2D eigenvalue weighted by Gasteiger charge is -2.19. The van der Waals surface area contributed by atoms with Gasteiger partial charge in [0, 0.05) is 46.8 Å². The Morgan fingerprint density at radius 1 is 0.517 bits per heavy atom. The molecule has 6 aromatic carbocycles. The van der Waals surface area contributed by atoms with Gasteiger partial charge in [0.05, 0.1) is 5.52 Å². The molecule has 1 aromatic heterocycles. The summed E-state index contributed by atoms with van der Waals surface area (Å²) in [4.78, 5) is 2.22. The molecular formula is C58H54N2. The van der Waals surface area contributed by atoms with E-state index in [0.717, 1.165) is 40.0 Å². The summed E-state index contributed by atoms with van der Waals surface area (Å²) in [5, 5.41) is 1.26. The number of hydrogen-bond acceptors (Lipinski definition) is 1. The number of para-hydroxylation sites is 3. The maximum Gasteiger partial charge on any atom is 0.0537 e. The van der Waals surface area contributed by atoms with Gasteiger partial charge in [0.15, 0.2) is 0 Å². The lowest BCUT2D eigenvalue weighted by atomic mass is 9.92. The van der Waals surface area contributed by atoms with Gasteiger partial charge in [-0.05, 0) is 131 Å². The highest BCUT2D eigenvalue weighted by atomic mass is 15.1. The highest BCUT2D eigenvalue weighted by Crippen LogP contribution is 2.40. The molecule has 0 spiro atoms. The third kappa shape index (κ3) is 9.09. The van der Waals surface area contributed by atoms with Gasteiger partial charge in [0.25, 0.3) is 0 Å². The van der Waals surface area contributed by atoms with Crippen LogP contribution in [0.5, 0.6) is 0 Å². The molecule has 0 unspecified atom stereocenters. The van der Waals surface area contributed by atoms with E-state index in [4.69, 9.17) is 0 Å². The number of aromatic nitrogens is 1. The Hall–Kier alpha value is -7.16. The first-order valence-electron chi connectivity index (χ1n) is 20.9. The molecule has 60 heavy (non-hydrogen) atoms. The predicted molar refractivity (Wildman–Crippen MR) is 260 cm³/mol. The number of anilines is 1. The van der Waals surface area contributed by atoms with Gasteiger partial charge >= 0.3 is 0 Å². The monoisotopic (exact) mass is 778 g/mol. The molecule has 0 saturated carbocycles. The molecule has 0 bridgehead atoms. The van der Waals surface area contributed by atoms with Crippen LogP contribution >= 0.6 is 0 Å². The summed E-state index contributed by atoms with van der Waals surface area (Å²) in [6, 6.07) is 55.5. The summed E-state index contributed by atoms with van der Waals surface area (Å²) < 4.78 is 2.41. The van der Waals surface area contributed by atoms with Crippen molar-refractivity contribution in [1.29, 1.82) is 0 Å². The van der Waals surface area contributed by atoms with Gasteiger partial charge in [0.1, 0.15) is 0 Å². The van der Waals surface area contributed by atoms with Crippen LogP contribution < -0.4 is 4.90 Å². The number of fused-ring (bicyclic) bond motifs is 3. The minimum Gasteiger partial charge on any atom is -0.323 e. The molecule has 1 aliphatic carbocycles. The summed E-state index contributed by atoms with van der Waals surface area (Å²) in [6.07, 6.45) is 16.3. The fourth-order valence-electron chi connectivity index (χ4n) is 7.77. The van der Waals surface area contributed by atoms with Gasteiger partial charge in [-0.15, -0.1) is 0 Å².